The molecule has 1 saturated carbocycles. The fourth-order valence-electron chi connectivity index (χ4n) is 2.56. The Labute approximate surface area is 143 Å². The van der Waals surface area contributed by atoms with Crippen molar-refractivity contribution >= 4 is 17.3 Å². The predicted octanol–water partition coefficient (Wildman–Crippen LogP) is 2.54. The van der Waals surface area contributed by atoms with Crippen molar-refractivity contribution < 1.29 is 9.72 Å². The Morgan fingerprint density at radius 2 is 2.08 bits per heavy atom. The average Bonchev–Trinajstić information content (AvgIpc) is 3.41. The van der Waals surface area contributed by atoms with Crippen LogP contribution in [0.5, 0.6) is 0 Å². The highest BCUT2D eigenvalue weighted by Gasteiger charge is 2.27. The van der Waals surface area contributed by atoms with Gasteiger partial charge in [0.2, 0.25) is 5.91 Å². The Morgan fingerprint density at radius 3 is 2.68 bits per heavy atom. The number of rotatable bonds is 5. The zero-order valence-electron chi connectivity index (χ0n) is 13.9. The number of carbonyl (C=O) groups excluding carboxylic acids is 1. The normalized spacial score (nSPS) is 14.8. The molecule has 1 aliphatic rings. The van der Waals surface area contributed by atoms with Crippen LogP contribution < -0.4 is 10.9 Å². The van der Waals surface area contributed by atoms with E-state index in [9.17, 15) is 19.7 Å². The molecule has 1 aromatic carbocycles. The van der Waals surface area contributed by atoms with Gasteiger partial charge < -0.3 is 5.32 Å². The van der Waals surface area contributed by atoms with Gasteiger partial charge in [-0.2, -0.15) is 5.10 Å². The summed E-state index contributed by atoms with van der Waals surface area (Å²) in [5.41, 5.74) is 1.48. The first kappa shape index (κ1) is 16.8. The highest BCUT2D eigenvalue weighted by atomic mass is 16.6. The van der Waals surface area contributed by atoms with Crippen LogP contribution in [0.25, 0.3) is 0 Å². The van der Waals surface area contributed by atoms with E-state index in [1.807, 2.05) is 0 Å². The number of benzene rings is 1. The van der Waals surface area contributed by atoms with E-state index in [4.69, 9.17) is 0 Å². The summed E-state index contributed by atoms with van der Waals surface area (Å²) in [4.78, 5) is 34.8. The van der Waals surface area contributed by atoms with E-state index in [0.29, 0.717) is 17.2 Å². The topological polar surface area (TPSA) is 107 Å². The monoisotopic (exact) mass is 342 g/mol. The summed E-state index contributed by atoms with van der Waals surface area (Å²) in [5, 5.41) is 17.8. The van der Waals surface area contributed by atoms with E-state index < -0.39 is 16.9 Å². The third-order valence-corrected chi connectivity index (χ3v) is 4.27. The van der Waals surface area contributed by atoms with E-state index in [1.165, 1.54) is 28.9 Å². The first-order chi connectivity index (χ1) is 11.9. The van der Waals surface area contributed by atoms with E-state index in [-0.39, 0.29) is 11.2 Å². The van der Waals surface area contributed by atoms with E-state index in [2.05, 4.69) is 10.4 Å². The Hall–Kier alpha value is -3.03. The van der Waals surface area contributed by atoms with Crippen LogP contribution in [0, 0.1) is 17.0 Å². The molecule has 2 aromatic rings. The maximum Gasteiger partial charge on any atom is 0.269 e. The van der Waals surface area contributed by atoms with Crippen LogP contribution in [0.3, 0.4) is 0 Å². The van der Waals surface area contributed by atoms with Crippen molar-refractivity contribution in [2.24, 2.45) is 0 Å². The van der Waals surface area contributed by atoms with Crippen molar-refractivity contribution in [3.8, 4) is 0 Å². The van der Waals surface area contributed by atoms with Gasteiger partial charge in [-0.25, -0.2) is 4.68 Å². The molecule has 1 N–H and O–H groups in total. The molecule has 1 aromatic heterocycles. The molecule has 3 rings (SSSR count). The van der Waals surface area contributed by atoms with Gasteiger partial charge in [-0.15, -0.1) is 0 Å². The summed E-state index contributed by atoms with van der Waals surface area (Å²) in [5.74, 6) is -0.0291. The van der Waals surface area contributed by atoms with Crippen LogP contribution in [-0.2, 0) is 4.79 Å². The molecule has 1 heterocycles. The largest absolute Gasteiger partial charge is 0.324 e. The summed E-state index contributed by atoms with van der Waals surface area (Å²) < 4.78 is 1.18. The van der Waals surface area contributed by atoms with Gasteiger partial charge in [0.05, 0.1) is 10.6 Å². The number of hydrogen-bond donors (Lipinski definition) is 1. The molecule has 1 aliphatic carbocycles. The zero-order valence-corrected chi connectivity index (χ0v) is 13.9. The minimum absolute atomic E-state index is 0.0430. The second-order valence-corrected chi connectivity index (χ2v) is 6.24. The van der Waals surface area contributed by atoms with Crippen LogP contribution >= 0.6 is 0 Å². The first-order valence-electron chi connectivity index (χ1n) is 8.02. The summed E-state index contributed by atoms with van der Waals surface area (Å²) in [6, 6.07) is 6.54. The number of nitrogens with zero attached hydrogens (tertiary/aromatic N) is 3. The smallest absolute Gasteiger partial charge is 0.269 e. The number of anilines is 1. The molecule has 8 heteroatoms. The Morgan fingerprint density at radius 1 is 1.36 bits per heavy atom. The Bertz CT molecular complexity index is 902. The molecule has 1 amide bonds. The van der Waals surface area contributed by atoms with E-state index in [1.54, 1.807) is 19.9 Å². The summed E-state index contributed by atoms with van der Waals surface area (Å²) in [6.07, 6.45) is 2.10. The van der Waals surface area contributed by atoms with Crippen molar-refractivity contribution in [2.75, 3.05) is 5.32 Å². The lowest BCUT2D eigenvalue weighted by Gasteiger charge is -2.16. The first-order valence-corrected chi connectivity index (χ1v) is 8.02. The summed E-state index contributed by atoms with van der Waals surface area (Å²) >= 11 is 0. The number of carbonyl (C=O) groups is 1. The van der Waals surface area contributed by atoms with Crippen LogP contribution in [0.2, 0.25) is 0 Å². The van der Waals surface area contributed by atoms with Gasteiger partial charge in [-0.05, 0) is 44.4 Å². The fourth-order valence-corrected chi connectivity index (χ4v) is 2.56. The van der Waals surface area contributed by atoms with Gasteiger partial charge in [-0.3, -0.25) is 19.7 Å². The van der Waals surface area contributed by atoms with E-state index in [0.717, 1.165) is 18.5 Å². The number of amides is 1. The molecule has 0 spiro atoms. The number of hydrogen-bond acceptors (Lipinski definition) is 5. The van der Waals surface area contributed by atoms with Crippen LogP contribution in [-0.4, -0.2) is 20.6 Å². The van der Waals surface area contributed by atoms with Crippen molar-refractivity contribution in [3.05, 3.63) is 62.1 Å². The zero-order chi connectivity index (χ0) is 18.1. The summed E-state index contributed by atoms with van der Waals surface area (Å²) in [7, 11) is 0. The van der Waals surface area contributed by atoms with Crippen molar-refractivity contribution in [3.63, 3.8) is 0 Å². The second-order valence-electron chi connectivity index (χ2n) is 6.24. The molecular formula is C17H18N4O4. The maximum atomic E-state index is 12.5. The van der Waals surface area contributed by atoms with E-state index >= 15 is 0 Å². The molecule has 1 atom stereocenters. The number of nitrogens with one attached hydrogen (secondary N) is 1. The van der Waals surface area contributed by atoms with Crippen LogP contribution in [0.4, 0.5) is 11.4 Å². The van der Waals surface area contributed by atoms with Gasteiger partial charge in [0, 0.05) is 29.8 Å². The quantitative estimate of drug-likeness (QED) is 0.663. The number of nitro benzene ring substituents is 1. The van der Waals surface area contributed by atoms with Gasteiger partial charge in [0.1, 0.15) is 6.04 Å². The maximum absolute atomic E-state index is 12.5. The molecule has 25 heavy (non-hydrogen) atoms. The lowest BCUT2D eigenvalue weighted by Crippen LogP contribution is -2.33. The molecule has 0 saturated heterocycles. The van der Waals surface area contributed by atoms with Crippen molar-refractivity contribution in [1.29, 1.82) is 0 Å². The lowest BCUT2D eigenvalue weighted by atomic mass is 10.1. The van der Waals surface area contributed by atoms with Gasteiger partial charge >= 0.3 is 0 Å². The molecular weight excluding hydrogens is 324 g/mol. The number of aryl methyl sites for hydroxylation is 1. The van der Waals surface area contributed by atoms with Crippen LogP contribution in [0.1, 0.15) is 43.0 Å². The standard InChI is InChI=1S/C17H18N4O4/c1-10-9-13(21(24)25)5-6-14(10)18-17(23)11(2)20-16(22)8-7-15(19-20)12-3-4-12/h5-9,11-12H,3-4H2,1-2H3,(H,18,23). The van der Waals surface area contributed by atoms with Crippen molar-refractivity contribution in [1.82, 2.24) is 9.78 Å². The predicted molar refractivity (Wildman–Crippen MR) is 91.6 cm³/mol. The third kappa shape index (κ3) is 3.57. The van der Waals surface area contributed by atoms with Crippen molar-refractivity contribution in [2.45, 2.75) is 38.6 Å². The van der Waals surface area contributed by atoms with Gasteiger partial charge in [0.25, 0.3) is 11.2 Å². The van der Waals surface area contributed by atoms with Gasteiger partial charge in [0.15, 0.2) is 0 Å². The number of nitro groups is 1. The second kappa shape index (κ2) is 6.46. The molecule has 0 bridgehead atoms. The average molecular weight is 342 g/mol. The fraction of sp³-hybridized carbons (Fsp3) is 0.353. The summed E-state index contributed by atoms with van der Waals surface area (Å²) in [6.45, 7) is 3.27. The number of non-ortho nitro benzene ring substituents is 1. The van der Waals surface area contributed by atoms with Crippen LogP contribution in [0.15, 0.2) is 35.1 Å². The number of aromatic nitrogens is 2. The Kier molecular flexibility index (Phi) is 4.35. The molecule has 1 fully saturated rings. The lowest BCUT2D eigenvalue weighted by molar-refractivity contribution is -0.384. The third-order valence-electron chi connectivity index (χ3n) is 4.27. The minimum Gasteiger partial charge on any atom is -0.324 e. The molecule has 8 nitrogen and oxygen atoms in total. The van der Waals surface area contributed by atoms with Gasteiger partial charge in [-0.1, -0.05) is 0 Å². The molecule has 130 valence electrons. The Balaban J connectivity index is 1.80. The SMILES string of the molecule is Cc1cc([N+](=O)[O-])ccc1NC(=O)C(C)n1nc(C2CC2)ccc1=O. The molecule has 1 unspecified atom stereocenters. The minimum atomic E-state index is -0.791. The highest BCUT2D eigenvalue weighted by molar-refractivity contribution is 5.94. The molecule has 0 radical (unpaired) electrons. The molecule has 0 aliphatic heterocycles. The highest BCUT2D eigenvalue weighted by Crippen LogP contribution is 2.38.